The Hall–Kier alpha value is -0.940. The average molecular weight is 859 g/mol. The molecule has 17 heteroatoms. The minimum atomic E-state index is -1.56. The molecule has 0 unspecified atom stereocenters. The first-order valence-electron chi connectivity index (χ1n) is 22.4. The second-order valence-electron chi connectivity index (χ2n) is 19.8. The molecule has 0 bridgehead atoms. The van der Waals surface area contributed by atoms with Gasteiger partial charge in [0.1, 0.15) is 48.8 Å². The van der Waals surface area contributed by atoms with Crippen LogP contribution in [0.3, 0.4) is 0 Å². The zero-order valence-electron chi connectivity index (χ0n) is 35.5. The topological polar surface area (TPSA) is 256 Å². The van der Waals surface area contributed by atoms with Crippen molar-refractivity contribution >= 4 is 0 Å². The largest absolute Gasteiger partial charge is 0.393 e. The first-order valence-corrected chi connectivity index (χ1v) is 22.4. The van der Waals surface area contributed by atoms with E-state index in [4.69, 9.17) is 37.9 Å². The van der Waals surface area contributed by atoms with Crippen molar-refractivity contribution in [2.45, 2.75) is 215 Å². The van der Waals surface area contributed by atoms with Crippen LogP contribution >= 0.6 is 0 Å². The van der Waals surface area contributed by atoms with Gasteiger partial charge in [0, 0.05) is 18.3 Å². The second kappa shape index (κ2) is 17.5. The minimum absolute atomic E-state index is 0.0353. The zero-order valence-corrected chi connectivity index (χ0v) is 35.5. The molecule has 344 valence electrons. The van der Waals surface area contributed by atoms with E-state index in [1.54, 1.807) is 13.8 Å². The van der Waals surface area contributed by atoms with Crippen LogP contribution in [-0.2, 0) is 37.9 Å². The quantitative estimate of drug-likeness (QED) is 0.140. The lowest BCUT2D eigenvalue weighted by Crippen LogP contribution is -2.61. The Morgan fingerprint density at radius 3 is 1.88 bits per heavy atom. The highest BCUT2D eigenvalue weighted by atomic mass is 16.8. The lowest BCUT2D eigenvalue weighted by molar-refractivity contribution is -0.352. The number of hydrogen-bond donors (Lipinski definition) is 9. The maximum absolute atomic E-state index is 12.3. The normalized spacial score (nSPS) is 55.3. The van der Waals surface area contributed by atoms with E-state index in [0.717, 1.165) is 51.4 Å². The molecule has 0 aromatic heterocycles. The number of hydrogen-bond acceptors (Lipinski definition) is 17. The molecular formula is C43H70O17. The number of aliphatic hydroxyl groups is 9. The van der Waals surface area contributed by atoms with Gasteiger partial charge in [-0.05, 0) is 95.3 Å². The van der Waals surface area contributed by atoms with E-state index in [1.165, 1.54) is 5.57 Å². The van der Waals surface area contributed by atoms with Crippen molar-refractivity contribution in [3.63, 3.8) is 0 Å². The van der Waals surface area contributed by atoms with Crippen molar-refractivity contribution in [2.24, 2.45) is 28.6 Å². The lowest BCUT2D eigenvalue weighted by Gasteiger charge is -2.62. The molecule has 0 aromatic rings. The van der Waals surface area contributed by atoms with Crippen molar-refractivity contribution in [2.75, 3.05) is 13.2 Å². The molecule has 17 nitrogen and oxygen atoms in total. The molecule has 9 N–H and O–H groups in total. The molecule has 0 aromatic carbocycles. The van der Waals surface area contributed by atoms with Crippen LogP contribution in [0.4, 0.5) is 0 Å². The van der Waals surface area contributed by atoms with E-state index in [-0.39, 0.29) is 54.8 Å². The monoisotopic (exact) mass is 858 g/mol. The van der Waals surface area contributed by atoms with Crippen LogP contribution in [0.15, 0.2) is 11.6 Å². The fourth-order valence-electron chi connectivity index (χ4n) is 12.8. The molecule has 7 fully saturated rings. The molecule has 4 aliphatic carbocycles. The number of allylic oxidation sites excluding steroid dienone is 1. The van der Waals surface area contributed by atoms with Gasteiger partial charge < -0.3 is 83.9 Å². The van der Waals surface area contributed by atoms with Crippen LogP contribution in [0.25, 0.3) is 0 Å². The molecular weight excluding hydrogens is 788 g/mol. The molecule has 0 radical (unpaired) electrons. The summed E-state index contributed by atoms with van der Waals surface area (Å²) in [6.07, 6.45) is -9.41. The van der Waals surface area contributed by atoms with Crippen LogP contribution in [0.2, 0.25) is 0 Å². The Morgan fingerprint density at radius 1 is 0.667 bits per heavy atom. The Morgan fingerprint density at radius 2 is 1.27 bits per heavy atom. The van der Waals surface area contributed by atoms with Gasteiger partial charge in [0.2, 0.25) is 0 Å². The Kier molecular flexibility index (Phi) is 13.3. The summed E-state index contributed by atoms with van der Waals surface area (Å²) in [6.45, 7) is 9.35. The number of aliphatic hydroxyl groups excluding tert-OH is 8. The highest BCUT2D eigenvalue weighted by Gasteiger charge is 2.67. The van der Waals surface area contributed by atoms with Crippen molar-refractivity contribution in [3.05, 3.63) is 11.6 Å². The van der Waals surface area contributed by atoms with Gasteiger partial charge >= 0.3 is 0 Å². The van der Waals surface area contributed by atoms with Gasteiger partial charge in [-0.1, -0.05) is 25.5 Å². The van der Waals surface area contributed by atoms with E-state index in [1.807, 2.05) is 6.92 Å². The minimum Gasteiger partial charge on any atom is -0.393 e. The predicted octanol–water partition coefficient (Wildman–Crippen LogP) is 0.111. The Bertz CT molecular complexity index is 1500. The molecule has 60 heavy (non-hydrogen) atoms. The third-order valence-corrected chi connectivity index (χ3v) is 16.3. The summed E-state index contributed by atoms with van der Waals surface area (Å²) in [5, 5.41) is 97.1. The summed E-state index contributed by atoms with van der Waals surface area (Å²) < 4.78 is 47.4. The fraction of sp³-hybridized carbons (Fsp3) is 0.953. The zero-order chi connectivity index (χ0) is 43.1. The molecule has 24 atom stereocenters. The number of fused-ring (bicyclic) bond motifs is 5. The van der Waals surface area contributed by atoms with Crippen molar-refractivity contribution in [1.82, 2.24) is 0 Å². The first-order chi connectivity index (χ1) is 28.3. The average Bonchev–Trinajstić information content (AvgIpc) is 3.48. The highest BCUT2D eigenvalue weighted by Crippen LogP contribution is 2.69. The summed E-state index contributed by atoms with van der Waals surface area (Å²) in [5.41, 5.74) is 0.303. The lowest BCUT2D eigenvalue weighted by atomic mass is 9.45. The van der Waals surface area contributed by atoms with Crippen LogP contribution in [0.5, 0.6) is 0 Å². The number of rotatable bonds is 9. The molecule has 4 heterocycles. The van der Waals surface area contributed by atoms with Gasteiger partial charge in [-0.15, -0.1) is 0 Å². The van der Waals surface area contributed by atoms with E-state index < -0.39 is 110 Å². The van der Waals surface area contributed by atoms with Gasteiger partial charge in [-0.3, -0.25) is 0 Å². The van der Waals surface area contributed by atoms with Crippen LogP contribution < -0.4 is 0 Å². The van der Waals surface area contributed by atoms with Crippen molar-refractivity contribution in [3.8, 4) is 0 Å². The molecule has 0 amide bonds. The summed E-state index contributed by atoms with van der Waals surface area (Å²) in [6, 6.07) is 0. The third kappa shape index (κ3) is 8.07. The summed E-state index contributed by atoms with van der Waals surface area (Å²) >= 11 is 0. The van der Waals surface area contributed by atoms with Gasteiger partial charge in [0.05, 0.1) is 55.4 Å². The molecule has 8 rings (SSSR count). The molecule has 0 spiro atoms. The summed E-state index contributed by atoms with van der Waals surface area (Å²) in [7, 11) is 0. The van der Waals surface area contributed by atoms with E-state index in [0.29, 0.717) is 5.92 Å². The van der Waals surface area contributed by atoms with E-state index in [9.17, 15) is 46.0 Å². The van der Waals surface area contributed by atoms with Gasteiger partial charge in [0.25, 0.3) is 0 Å². The predicted molar refractivity (Wildman–Crippen MR) is 207 cm³/mol. The standard InChI is InChI=1S/C43H70O17/c1-19(44)24-10-13-43(52)26-7-6-22-14-23(8-11-41(22,4)25(26)9-12-42(24,43)5)57-31-15-27(45)37(20(2)55-31)60-40-36(51)34(49)30(18-54-40)58-32-16-28(46)38(21(3)56-32)59-39-35(50)33(48)29(47)17-53-39/h14,19-21,23-40,44-52H,6-13,15-18H2,1-5H3/t19-,20+,21+,23-,24-,25-,26+,27-,28-,29+,30+,31-,32+,33-,34-,35+,36+,37+,38+,39-,40-,41-,42+,43-/m0/s1. The van der Waals surface area contributed by atoms with E-state index in [2.05, 4.69) is 19.9 Å². The van der Waals surface area contributed by atoms with Crippen LogP contribution in [-0.4, -0.2) is 175 Å². The molecule has 3 saturated carbocycles. The molecule has 8 aliphatic rings. The van der Waals surface area contributed by atoms with Crippen molar-refractivity contribution in [1.29, 1.82) is 0 Å². The Balaban J connectivity index is 0.806. The smallest absolute Gasteiger partial charge is 0.186 e. The maximum atomic E-state index is 12.3. The molecule has 4 saturated heterocycles. The highest BCUT2D eigenvalue weighted by molar-refractivity contribution is 5.28. The maximum Gasteiger partial charge on any atom is 0.186 e. The fourth-order valence-corrected chi connectivity index (χ4v) is 12.8. The van der Waals surface area contributed by atoms with Gasteiger partial charge in [0.15, 0.2) is 25.2 Å². The van der Waals surface area contributed by atoms with Crippen LogP contribution in [0.1, 0.15) is 98.8 Å². The van der Waals surface area contributed by atoms with Crippen LogP contribution in [0, 0.1) is 28.6 Å². The van der Waals surface area contributed by atoms with Gasteiger partial charge in [-0.2, -0.15) is 0 Å². The third-order valence-electron chi connectivity index (χ3n) is 16.3. The van der Waals surface area contributed by atoms with Gasteiger partial charge in [-0.25, -0.2) is 0 Å². The summed E-state index contributed by atoms with van der Waals surface area (Å²) in [4.78, 5) is 0. The van der Waals surface area contributed by atoms with E-state index >= 15 is 0 Å². The SMILES string of the molecule is C[C@H](O)[C@@H]1CC[C@]2(O)[C@@H]3CCC4=C[C@@H](O[C@H]5C[C@H](O)[C@H](O[C@@H]6OC[C@@H](O[C@@H]7C[C@H](O)[C@H](O[C@@H]8OC[C@@H](O)[C@H](O)[C@H]8O)[C@@H](C)O7)[C@H](O)[C@H]6O)[C@@H](C)O5)CC[C@]4(C)[C@H]3CC[C@]12C. The first kappa shape index (κ1) is 45.6. The summed E-state index contributed by atoms with van der Waals surface area (Å²) in [5.74, 6) is 0.686. The number of ether oxygens (including phenoxy) is 8. The molecule has 4 aliphatic heterocycles. The Labute approximate surface area is 351 Å². The second-order valence-corrected chi connectivity index (χ2v) is 19.8. The van der Waals surface area contributed by atoms with Crippen molar-refractivity contribution < 1.29 is 83.9 Å².